The lowest BCUT2D eigenvalue weighted by molar-refractivity contribution is 0.0237. The van der Waals surface area contributed by atoms with Gasteiger partial charge < -0.3 is 19.4 Å². The number of aromatic nitrogens is 1. The number of aromatic amines is 1. The van der Waals surface area contributed by atoms with Crippen molar-refractivity contribution in [2.45, 2.75) is 52.2 Å². The Kier molecular flexibility index (Phi) is 7.33. The van der Waals surface area contributed by atoms with E-state index in [2.05, 4.69) is 35.3 Å². The summed E-state index contributed by atoms with van der Waals surface area (Å²) in [5.41, 5.74) is 4.70. The first-order valence-electron chi connectivity index (χ1n) is 10.7. The number of carbonyl (C=O) groups is 1. The van der Waals surface area contributed by atoms with E-state index in [4.69, 9.17) is 9.47 Å². The molecule has 0 radical (unpaired) electrons. The minimum absolute atomic E-state index is 0.0669. The topological polar surface area (TPSA) is 71.6 Å². The molecule has 2 heterocycles. The molecule has 3 rings (SSSR count). The average molecular weight is 425 g/mol. The number of rotatable bonds is 5. The van der Waals surface area contributed by atoms with Gasteiger partial charge in [-0.1, -0.05) is 35.9 Å². The molecule has 1 aromatic heterocycles. The van der Waals surface area contributed by atoms with E-state index in [0.717, 1.165) is 35.1 Å². The van der Waals surface area contributed by atoms with Crippen molar-refractivity contribution in [3.05, 3.63) is 74.7 Å². The maximum Gasteiger partial charge on any atom is 0.410 e. The summed E-state index contributed by atoms with van der Waals surface area (Å²) in [6.07, 6.45) is 5.93. The Balaban J connectivity index is 1.59. The molecule has 1 N–H and O–H groups in total. The number of nitrogens with one attached hydrogen (secondary N) is 1. The average Bonchev–Trinajstić information content (AvgIpc) is 2.71. The molecule has 1 fully saturated rings. The first-order valence-corrected chi connectivity index (χ1v) is 10.7. The summed E-state index contributed by atoms with van der Waals surface area (Å²) in [7, 11) is 1.64. The van der Waals surface area contributed by atoms with E-state index in [1.165, 1.54) is 5.57 Å². The number of hydrogen-bond acceptors (Lipinski definition) is 4. The van der Waals surface area contributed by atoms with Gasteiger partial charge in [0.2, 0.25) is 0 Å². The van der Waals surface area contributed by atoms with Gasteiger partial charge in [-0.15, -0.1) is 0 Å². The minimum atomic E-state index is -0.467. The number of nitrogens with zero attached hydrogens (tertiary/aromatic N) is 1. The van der Waals surface area contributed by atoms with Crippen molar-refractivity contribution in [2.75, 3.05) is 20.2 Å². The molecular weight excluding hydrogens is 392 g/mol. The molecule has 0 spiro atoms. The smallest absolute Gasteiger partial charge is 0.410 e. The molecule has 166 valence electrons. The maximum absolute atomic E-state index is 12.2. The second-order valence-corrected chi connectivity index (χ2v) is 8.98. The summed E-state index contributed by atoms with van der Waals surface area (Å²) in [6, 6.07) is 10.2. The van der Waals surface area contributed by atoms with Gasteiger partial charge in [-0.2, -0.15) is 0 Å². The zero-order valence-electron chi connectivity index (χ0n) is 18.9. The van der Waals surface area contributed by atoms with Crippen LogP contribution in [0.15, 0.2) is 46.9 Å². The monoisotopic (exact) mass is 424 g/mol. The fourth-order valence-corrected chi connectivity index (χ4v) is 3.60. The van der Waals surface area contributed by atoms with Crippen molar-refractivity contribution in [1.29, 1.82) is 0 Å². The standard InChI is InChI=1S/C25H32N2O4/c1-25(2,3)31-24(29)27-11-9-20(10-12-27)13-18-5-7-19(8-6-18)14-22-15-21(17-30-4)16-26-23(22)28/h5-8,13,15-16H,9-12,14,17H2,1-4H3,(H,26,28). The molecule has 1 aliphatic rings. The van der Waals surface area contributed by atoms with Crippen LogP contribution < -0.4 is 5.56 Å². The van der Waals surface area contributed by atoms with Gasteiger partial charge in [0.05, 0.1) is 6.61 Å². The highest BCUT2D eigenvalue weighted by atomic mass is 16.6. The van der Waals surface area contributed by atoms with Crippen LogP contribution in [0.3, 0.4) is 0 Å². The number of benzene rings is 1. The molecule has 1 amide bonds. The Labute approximate surface area is 183 Å². The number of methoxy groups -OCH3 is 1. The molecule has 0 unspecified atom stereocenters. The fourth-order valence-electron chi connectivity index (χ4n) is 3.60. The molecule has 6 nitrogen and oxygen atoms in total. The zero-order chi connectivity index (χ0) is 22.4. The molecule has 1 saturated heterocycles. The maximum atomic E-state index is 12.2. The number of hydrogen-bond donors (Lipinski definition) is 1. The molecule has 0 saturated carbocycles. The van der Waals surface area contributed by atoms with Gasteiger partial charge in [0, 0.05) is 38.4 Å². The quantitative estimate of drug-likeness (QED) is 0.766. The summed E-state index contributed by atoms with van der Waals surface area (Å²) in [5, 5.41) is 0. The Hall–Kier alpha value is -2.86. The van der Waals surface area contributed by atoms with Gasteiger partial charge >= 0.3 is 6.09 Å². The lowest BCUT2D eigenvalue weighted by Crippen LogP contribution is -2.40. The molecule has 1 aromatic carbocycles. The molecule has 2 aromatic rings. The molecule has 0 aliphatic carbocycles. The van der Waals surface area contributed by atoms with E-state index in [0.29, 0.717) is 26.1 Å². The first-order chi connectivity index (χ1) is 14.7. The van der Waals surface area contributed by atoms with E-state index in [1.54, 1.807) is 18.2 Å². The van der Waals surface area contributed by atoms with Crippen molar-refractivity contribution in [2.24, 2.45) is 0 Å². The van der Waals surface area contributed by atoms with Gasteiger partial charge in [-0.25, -0.2) is 4.79 Å². The first kappa shape index (κ1) is 22.8. The fraction of sp³-hybridized carbons (Fsp3) is 0.440. The molecule has 6 heteroatoms. The van der Waals surface area contributed by atoms with Crippen LogP contribution in [0, 0.1) is 0 Å². The summed E-state index contributed by atoms with van der Waals surface area (Å²) in [6.45, 7) is 7.49. The highest BCUT2D eigenvalue weighted by Crippen LogP contribution is 2.22. The summed E-state index contributed by atoms with van der Waals surface area (Å²) in [4.78, 5) is 28.9. The number of carbonyl (C=O) groups excluding carboxylic acids is 1. The van der Waals surface area contributed by atoms with Crippen molar-refractivity contribution in [3.8, 4) is 0 Å². The summed E-state index contributed by atoms with van der Waals surface area (Å²) >= 11 is 0. The second kappa shape index (κ2) is 9.96. The number of H-pyrrole nitrogens is 1. The minimum Gasteiger partial charge on any atom is -0.444 e. The van der Waals surface area contributed by atoms with E-state index >= 15 is 0 Å². The largest absolute Gasteiger partial charge is 0.444 e. The van der Waals surface area contributed by atoms with Gasteiger partial charge in [-0.05, 0) is 56.4 Å². The van der Waals surface area contributed by atoms with Crippen LogP contribution in [0.4, 0.5) is 4.79 Å². The number of likely N-dealkylation sites (tertiary alicyclic amines) is 1. The van der Waals surface area contributed by atoms with E-state index < -0.39 is 5.60 Å². The lowest BCUT2D eigenvalue weighted by Gasteiger charge is -2.31. The van der Waals surface area contributed by atoms with Gasteiger partial charge in [0.1, 0.15) is 5.60 Å². The Morgan fingerprint density at radius 3 is 2.42 bits per heavy atom. The van der Waals surface area contributed by atoms with E-state index in [1.807, 2.05) is 26.8 Å². The van der Waals surface area contributed by atoms with Gasteiger partial charge in [-0.3, -0.25) is 4.79 Å². The van der Waals surface area contributed by atoms with Gasteiger partial charge in [0.15, 0.2) is 0 Å². The molecule has 31 heavy (non-hydrogen) atoms. The predicted octanol–water partition coefficient (Wildman–Crippen LogP) is 4.53. The van der Waals surface area contributed by atoms with Crippen LogP contribution in [0.25, 0.3) is 6.08 Å². The molecule has 1 aliphatic heterocycles. The summed E-state index contributed by atoms with van der Waals surface area (Å²) in [5.74, 6) is 0. The van der Waals surface area contributed by atoms with Crippen LogP contribution >= 0.6 is 0 Å². The van der Waals surface area contributed by atoms with Crippen molar-refractivity contribution in [3.63, 3.8) is 0 Å². The second-order valence-electron chi connectivity index (χ2n) is 8.98. The van der Waals surface area contributed by atoms with Crippen LogP contribution in [0.1, 0.15) is 55.9 Å². The Morgan fingerprint density at radius 1 is 1.13 bits per heavy atom. The third-order valence-corrected chi connectivity index (χ3v) is 5.15. The molecule has 0 atom stereocenters. The number of piperidine rings is 1. The number of pyridine rings is 1. The SMILES string of the molecule is COCc1c[nH]c(=O)c(Cc2ccc(C=C3CCN(C(=O)OC(C)(C)C)CC3)cc2)c1. The van der Waals surface area contributed by atoms with Crippen LogP contribution in [0.2, 0.25) is 0 Å². The Bertz CT molecular complexity index is 974. The molecule has 0 bridgehead atoms. The van der Waals surface area contributed by atoms with Crippen LogP contribution in [-0.4, -0.2) is 41.8 Å². The Morgan fingerprint density at radius 2 is 1.81 bits per heavy atom. The van der Waals surface area contributed by atoms with Gasteiger partial charge in [0.25, 0.3) is 5.56 Å². The highest BCUT2D eigenvalue weighted by Gasteiger charge is 2.24. The third-order valence-electron chi connectivity index (χ3n) is 5.15. The van der Waals surface area contributed by atoms with E-state index in [-0.39, 0.29) is 11.7 Å². The highest BCUT2D eigenvalue weighted by molar-refractivity contribution is 5.68. The van der Waals surface area contributed by atoms with E-state index in [9.17, 15) is 9.59 Å². The van der Waals surface area contributed by atoms with Crippen molar-refractivity contribution < 1.29 is 14.3 Å². The summed E-state index contributed by atoms with van der Waals surface area (Å²) < 4.78 is 10.6. The van der Waals surface area contributed by atoms with Crippen molar-refractivity contribution >= 4 is 12.2 Å². The van der Waals surface area contributed by atoms with Crippen LogP contribution in [-0.2, 0) is 22.5 Å². The third kappa shape index (κ3) is 6.82. The van der Waals surface area contributed by atoms with Crippen molar-refractivity contribution in [1.82, 2.24) is 9.88 Å². The number of amides is 1. The normalized spacial score (nSPS) is 14.5. The van der Waals surface area contributed by atoms with Crippen LogP contribution in [0.5, 0.6) is 0 Å². The lowest BCUT2D eigenvalue weighted by atomic mass is 9.99. The molecular formula is C25H32N2O4. The number of ether oxygens (including phenoxy) is 2. The zero-order valence-corrected chi connectivity index (χ0v) is 18.9. The predicted molar refractivity (Wildman–Crippen MR) is 122 cm³/mol.